The van der Waals surface area contributed by atoms with Crippen LogP contribution in [0.1, 0.15) is 63.8 Å². The molecule has 1 amide bonds. The van der Waals surface area contributed by atoms with Crippen molar-refractivity contribution < 1.29 is 14.7 Å². The number of benzene rings is 1. The SMILES string of the molecule is CC(C)CC1Cc2cc(C(=N)NO)ccc2[C@@H]1NC(=O)OC(C)(C)C. The van der Waals surface area contributed by atoms with E-state index in [0.29, 0.717) is 11.5 Å². The first kappa shape index (κ1) is 19.2. The van der Waals surface area contributed by atoms with Gasteiger partial charge in [-0.1, -0.05) is 26.0 Å². The fourth-order valence-electron chi connectivity index (χ4n) is 3.42. The molecule has 0 saturated heterocycles. The number of amidine groups is 1. The molecule has 0 fully saturated rings. The molecular formula is C19H29N3O3. The molecule has 2 atom stereocenters. The summed E-state index contributed by atoms with van der Waals surface area (Å²) in [6, 6.07) is 5.52. The first-order valence-corrected chi connectivity index (χ1v) is 8.72. The predicted molar refractivity (Wildman–Crippen MR) is 97.0 cm³/mol. The summed E-state index contributed by atoms with van der Waals surface area (Å²) in [6.45, 7) is 9.89. The second-order valence-electron chi connectivity index (χ2n) is 8.12. The van der Waals surface area contributed by atoms with Gasteiger partial charge in [0.1, 0.15) is 11.4 Å². The van der Waals surface area contributed by atoms with Crippen LogP contribution in [0.2, 0.25) is 0 Å². The van der Waals surface area contributed by atoms with E-state index in [1.807, 2.05) is 38.4 Å². The van der Waals surface area contributed by atoms with E-state index >= 15 is 0 Å². The molecule has 6 nitrogen and oxygen atoms in total. The van der Waals surface area contributed by atoms with Gasteiger partial charge in [-0.15, -0.1) is 0 Å². The highest BCUT2D eigenvalue weighted by Crippen LogP contribution is 2.40. The average Bonchev–Trinajstić information content (AvgIpc) is 2.80. The van der Waals surface area contributed by atoms with Gasteiger partial charge in [0.15, 0.2) is 0 Å². The third-order valence-corrected chi connectivity index (χ3v) is 4.28. The molecular weight excluding hydrogens is 318 g/mol. The number of alkyl carbamates (subject to hydrolysis) is 1. The predicted octanol–water partition coefficient (Wildman–Crippen LogP) is 3.77. The number of hydrogen-bond donors (Lipinski definition) is 4. The van der Waals surface area contributed by atoms with Gasteiger partial charge in [0.05, 0.1) is 6.04 Å². The van der Waals surface area contributed by atoms with E-state index in [-0.39, 0.29) is 17.8 Å². The van der Waals surface area contributed by atoms with Gasteiger partial charge in [0, 0.05) is 5.56 Å². The third-order valence-electron chi connectivity index (χ3n) is 4.28. The Kier molecular flexibility index (Phi) is 5.72. The molecule has 1 unspecified atom stereocenters. The summed E-state index contributed by atoms with van der Waals surface area (Å²) in [6.07, 6.45) is 1.41. The molecule has 0 aromatic heterocycles. The van der Waals surface area contributed by atoms with E-state index in [2.05, 4.69) is 19.2 Å². The minimum absolute atomic E-state index is 0.0354. The Labute approximate surface area is 149 Å². The summed E-state index contributed by atoms with van der Waals surface area (Å²) in [4.78, 5) is 12.3. The van der Waals surface area contributed by atoms with Crippen LogP contribution in [0.4, 0.5) is 4.79 Å². The summed E-state index contributed by atoms with van der Waals surface area (Å²) in [5.41, 5.74) is 4.13. The number of carbonyl (C=O) groups excluding carboxylic acids is 1. The molecule has 0 radical (unpaired) electrons. The Morgan fingerprint density at radius 1 is 1.40 bits per heavy atom. The highest BCUT2D eigenvalue weighted by molar-refractivity contribution is 5.95. The highest BCUT2D eigenvalue weighted by Gasteiger charge is 2.35. The van der Waals surface area contributed by atoms with E-state index in [1.54, 1.807) is 6.07 Å². The van der Waals surface area contributed by atoms with Crippen LogP contribution < -0.4 is 10.8 Å². The van der Waals surface area contributed by atoms with Gasteiger partial charge in [-0.05, 0) is 62.6 Å². The van der Waals surface area contributed by atoms with E-state index in [4.69, 9.17) is 15.4 Å². The number of amides is 1. The number of rotatable bonds is 4. The van der Waals surface area contributed by atoms with Crippen molar-refractivity contribution in [3.05, 3.63) is 34.9 Å². The van der Waals surface area contributed by atoms with Crippen molar-refractivity contribution in [2.24, 2.45) is 11.8 Å². The normalized spacial score (nSPS) is 19.5. The van der Waals surface area contributed by atoms with Crippen LogP contribution in [-0.4, -0.2) is 22.7 Å². The van der Waals surface area contributed by atoms with Crippen LogP contribution in [0.3, 0.4) is 0 Å². The first-order valence-electron chi connectivity index (χ1n) is 8.72. The number of ether oxygens (including phenoxy) is 1. The molecule has 25 heavy (non-hydrogen) atoms. The Morgan fingerprint density at radius 2 is 2.08 bits per heavy atom. The van der Waals surface area contributed by atoms with Gasteiger partial charge < -0.3 is 10.1 Å². The smallest absolute Gasteiger partial charge is 0.408 e. The van der Waals surface area contributed by atoms with Crippen molar-refractivity contribution >= 4 is 11.9 Å². The molecule has 2 rings (SSSR count). The molecule has 0 bridgehead atoms. The zero-order valence-corrected chi connectivity index (χ0v) is 15.6. The van der Waals surface area contributed by atoms with Gasteiger partial charge in [0.2, 0.25) is 0 Å². The molecule has 0 heterocycles. The third kappa shape index (κ3) is 4.95. The lowest BCUT2D eigenvalue weighted by molar-refractivity contribution is 0.0485. The minimum Gasteiger partial charge on any atom is -0.444 e. The second-order valence-corrected chi connectivity index (χ2v) is 8.12. The molecule has 1 aromatic carbocycles. The summed E-state index contributed by atoms with van der Waals surface area (Å²) >= 11 is 0. The Morgan fingerprint density at radius 3 is 2.64 bits per heavy atom. The van der Waals surface area contributed by atoms with E-state index < -0.39 is 11.7 Å². The number of hydrogen-bond acceptors (Lipinski definition) is 4. The zero-order valence-electron chi connectivity index (χ0n) is 15.6. The maximum Gasteiger partial charge on any atom is 0.408 e. The standard InChI is InChI=1S/C19H29N3O3/c1-11(2)8-14-10-13-9-12(17(20)22-24)6-7-15(13)16(14)21-18(23)25-19(3,4)5/h6-7,9,11,14,16,24H,8,10H2,1-5H3,(H2,20,22)(H,21,23)/t14?,16-/m1/s1. The van der Waals surface area contributed by atoms with E-state index in [1.165, 1.54) is 0 Å². The zero-order chi connectivity index (χ0) is 18.8. The fourth-order valence-corrected chi connectivity index (χ4v) is 3.42. The average molecular weight is 347 g/mol. The lowest BCUT2D eigenvalue weighted by Gasteiger charge is -2.26. The lowest BCUT2D eigenvalue weighted by atomic mass is 9.91. The molecule has 0 spiro atoms. The van der Waals surface area contributed by atoms with Crippen molar-refractivity contribution in [3.63, 3.8) is 0 Å². The Bertz CT molecular complexity index is 650. The molecule has 6 heteroatoms. The molecule has 1 aliphatic carbocycles. The van der Waals surface area contributed by atoms with Crippen LogP contribution in [-0.2, 0) is 11.2 Å². The molecule has 1 aliphatic rings. The van der Waals surface area contributed by atoms with Gasteiger partial charge in [0.25, 0.3) is 0 Å². The Hall–Kier alpha value is -2.08. The van der Waals surface area contributed by atoms with Crippen LogP contribution in [0, 0.1) is 17.2 Å². The summed E-state index contributed by atoms with van der Waals surface area (Å²) in [5.74, 6) is 0.764. The number of carbonyl (C=O) groups is 1. The molecule has 4 N–H and O–H groups in total. The fraction of sp³-hybridized carbons (Fsp3) is 0.579. The largest absolute Gasteiger partial charge is 0.444 e. The number of nitrogens with one attached hydrogen (secondary N) is 3. The highest BCUT2D eigenvalue weighted by atomic mass is 16.6. The lowest BCUT2D eigenvalue weighted by Crippen LogP contribution is -2.36. The maximum absolute atomic E-state index is 12.3. The number of hydroxylamine groups is 1. The quantitative estimate of drug-likeness (QED) is 0.379. The van der Waals surface area contributed by atoms with Crippen molar-refractivity contribution in [2.45, 2.75) is 59.1 Å². The Balaban J connectivity index is 2.26. The summed E-state index contributed by atoms with van der Waals surface area (Å²) < 4.78 is 5.42. The first-order chi connectivity index (χ1) is 11.6. The van der Waals surface area contributed by atoms with Crippen molar-refractivity contribution in [1.82, 2.24) is 10.8 Å². The monoisotopic (exact) mass is 347 g/mol. The van der Waals surface area contributed by atoms with E-state index in [0.717, 1.165) is 24.0 Å². The van der Waals surface area contributed by atoms with Crippen LogP contribution in [0.25, 0.3) is 0 Å². The van der Waals surface area contributed by atoms with Gasteiger partial charge in [-0.3, -0.25) is 16.1 Å². The van der Waals surface area contributed by atoms with Crippen molar-refractivity contribution in [1.29, 1.82) is 5.41 Å². The van der Waals surface area contributed by atoms with E-state index in [9.17, 15) is 4.79 Å². The molecule has 138 valence electrons. The summed E-state index contributed by atoms with van der Waals surface area (Å²) in [5, 5.41) is 19.7. The number of fused-ring (bicyclic) bond motifs is 1. The summed E-state index contributed by atoms with van der Waals surface area (Å²) in [7, 11) is 0. The minimum atomic E-state index is -0.537. The molecule has 1 aromatic rings. The van der Waals surface area contributed by atoms with Gasteiger partial charge >= 0.3 is 6.09 Å². The van der Waals surface area contributed by atoms with Crippen molar-refractivity contribution in [3.8, 4) is 0 Å². The maximum atomic E-state index is 12.3. The van der Waals surface area contributed by atoms with Crippen LogP contribution in [0.5, 0.6) is 0 Å². The molecule has 0 aliphatic heterocycles. The van der Waals surface area contributed by atoms with Gasteiger partial charge in [-0.2, -0.15) is 0 Å². The van der Waals surface area contributed by atoms with Gasteiger partial charge in [-0.25, -0.2) is 4.79 Å². The molecule has 0 saturated carbocycles. The van der Waals surface area contributed by atoms with Crippen LogP contribution in [0.15, 0.2) is 18.2 Å². The van der Waals surface area contributed by atoms with Crippen molar-refractivity contribution in [2.75, 3.05) is 0 Å². The van der Waals surface area contributed by atoms with Crippen LogP contribution >= 0.6 is 0 Å². The topological polar surface area (TPSA) is 94.4 Å². The second kappa shape index (κ2) is 7.44.